The van der Waals surface area contributed by atoms with Crippen molar-refractivity contribution in [3.05, 3.63) is 47.8 Å². The van der Waals surface area contributed by atoms with Gasteiger partial charge in [0.1, 0.15) is 12.2 Å². The predicted octanol–water partition coefficient (Wildman–Crippen LogP) is 2.63. The Labute approximate surface area is 114 Å². The Morgan fingerprint density at radius 3 is 3.05 bits per heavy atom. The maximum Gasteiger partial charge on any atom is 0.258 e. The molecule has 0 radical (unpaired) electrons. The lowest BCUT2D eigenvalue weighted by atomic mass is 10.1. The maximum absolute atomic E-state index is 13.7. The molecule has 2 heterocycles. The highest BCUT2D eigenvalue weighted by Crippen LogP contribution is 2.26. The number of hydrogen-bond donors (Lipinski definition) is 0. The summed E-state index contributed by atoms with van der Waals surface area (Å²) in [5.74, 6) is 0.435. The molecule has 0 saturated carbocycles. The van der Waals surface area contributed by atoms with Crippen molar-refractivity contribution in [1.29, 1.82) is 5.26 Å². The Kier molecular flexibility index (Phi) is 3.09. The standard InChI is InChI=1S/C14H9FN4O/c15-11-5-2-6-17-12(11)13-18-14(20-19-13)10-4-1-3-9(7-10)8-16/h1-7,11-12H. The van der Waals surface area contributed by atoms with Crippen LogP contribution in [0.2, 0.25) is 0 Å². The molecule has 1 aliphatic heterocycles. The fourth-order valence-electron chi connectivity index (χ4n) is 1.89. The fraction of sp³-hybridized carbons (Fsp3) is 0.143. The topological polar surface area (TPSA) is 75.1 Å². The van der Waals surface area contributed by atoms with E-state index in [0.29, 0.717) is 11.1 Å². The lowest BCUT2D eigenvalue weighted by Crippen LogP contribution is -2.13. The maximum atomic E-state index is 13.7. The van der Waals surface area contributed by atoms with Gasteiger partial charge in [-0.3, -0.25) is 4.99 Å². The summed E-state index contributed by atoms with van der Waals surface area (Å²) in [5, 5.41) is 12.6. The molecule has 0 aliphatic carbocycles. The number of dihydropyridines is 1. The van der Waals surface area contributed by atoms with Gasteiger partial charge in [0.2, 0.25) is 0 Å². The van der Waals surface area contributed by atoms with Gasteiger partial charge in [-0.25, -0.2) is 4.39 Å². The molecule has 0 saturated heterocycles. The minimum Gasteiger partial charge on any atom is -0.334 e. The third kappa shape index (κ3) is 2.21. The normalized spacial score (nSPS) is 20.8. The number of alkyl halides is 1. The first kappa shape index (κ1) is 12.2. The molecule has 1 aromatic heterocycles. The van der Waals surface area contributed by atoms with Crippen molar-refractivity contribution < 1.29 is 8.91 Å². The SMILES string of the molecule is N#Cc1cccc(-c2nc(C3N=CC=CC3F)no2)c1. The Balaban J connectivity index is 1.92. The van der Waals surface area contributed by atoms with Gasteiger partial charge in [0.25, 0.3) is 5.89 Å². The van der Waals surface area contributed by atoms with Crippen LogP contribution in [0.3, 0.4) is 0 Å². The van der Waals surface area contributed by atoms with Crippen molar-refractivity contribution in [2.45, 2.75) is 12.2 Å². The summed E-state index contributed by atoms with van der Waals surface area (Å²) in [6, 6.07) is 8.02. The third-order valence-electron chi connectivity index (χ3n) is 2.87. The van der Waals surface area contributed by atoms with E-state index in [0.717, 1.165) is 0 Å². The van der Waals surface area contributed by atoms with E-state index in [1.807, 2.05) is 6.07 Å². The zero-order valence-corrected chi connectivity index (χ0v) is 10.3. The summed E-state index contributed by atoms with van der Waals surface area (Å²) in [6.07, 6.45) is 3.17. The minimum atomic E-state index is -1.27. The first-order valence-corrected chi connectivity index (χ1v) is 5.96. The third-order valence-corrected chi connectivity index (χ3v) is 2.87. The Hall–Kier alpha value is -2.81. The average molecular weight is 268 g/mol. The van der Waals surface area contributed by atoms with E-state index in [2.05, 4.69) is 15.1 Å². The molecule has 0 bridgehead atoms. The van der Waals surface area contributed by atoms with Crippen molar-refractivity contribution in [3.63, 3.8) is 0 Å². The lowest BCUT2D eigenvalue weighted by molar-refractivity contribution is 0.325. The number of halogens is 1. The van der Waals surface area contributed by atoms with Gasteiger partial charge < -0.3 is 4.52 Å². The summed E-state index contributed by atoms with van der Waals surface area (Å²) in [5.41, 5.74) is 1.11. The lowest BCUT2D eigenvalue weighted by Gasteiger charge is -2.12. The van der Waals surface area contributed by atoms with Crippen LogP contribution in [0.4, 0.5) is 4.39 Å². The van der Waals surface area contributed by atoms with E-state index in [9.17, 15) is 4.39 Å². The Morgan fingerprint density at radius 1 is 1.35 bits per heavy atom. The molecule has 1 aliphatic rings. The Bertz CT molecular complexity index is 729. The summed E-state index contributed by atoms with van der Waals surface area (Å²) in [4.78, 5) is 8.15. The molecule has 0 fully saturated rings. The molecule has 1 aromatic carbocycles. The van der Waals surface area contributed by atoms with Crippen LogP contribution in [0.25, 0.3) is 11.5 Å². The number of rotatable bonds is 2. The van der Waals surface area contributed by atoms with Crippen molar-refractivity contribution in [2.75, 3.05) is 0 Å². The van der Waals surface area contributed by atoms with Gasteiger partial charge >= 0.3 is 0 Å². The second-order valence-corrected chi connectivity index (χ2v) is 4.22. The number of aromatic nitrogens is 2. The van der Waals surface area contributed by atoms with Crippen LogP contribution in [-0.2, 0) is 0 Å². The molecule has 98 valence electrons. The van der Waals surface area contributed by atoms with E-state index in [1.165, 1.54) is 12.3 Å². The molecule has 6 heteroatoms. The molecule has 2 atom stereocenters. The van der Waals surface area contributed by atoms with Gasteiger partial charge in [0.05, 0.1) is 11.6 Å². The predicted molar refractivity (Wildman–Crippen MR) is 69.7 cm³/mol. The van der Waals surface area contributed by atoms with Gasteiger partial charge in [0.15, 0.2) is 5.82 Å². The largest absolute Gasteiger partial charge is 0.334 e. The summed E-state index contributed by atoms with van der Waals surface area (Å²) in [6.45, 7) is 0. The van der Waals surface area contributed by atoms with Gasteiger partial charge in [-0.15, -0.1) is 0 Å². The van der Waals surface area contributed by atoms with Gasteiger partial charge in [0, 0.05) is 11.8 Å². The number of nitriles is 1. The highest BCUT2D eigenvalue weighted by molar-refractivity contribution is 5.72. The molecule has 2 unspecified atom stereocenters. The summed E-state index contributed by atoms with van der Waals surface area (Å²) in [7, 11) is 0. The highest BCUT2D eigenvalue weighted by atomic mass is 19.1. The first-order chi connectivity index (χ1) is 9.78. The van der Waals surface area contributed by atoms with Gasteiger partial charge in [-0.05, 0) is 30.4 Å². The van der Waals surface area contributed by atoms with Gasteiger partial charge in [-0.2, -0.15) is 10.2 Å². The van der Waals surface area contributed by atoms with E-state index in [1.54, 1.807) is 30.3 Å². The van der Waals surface area contributed by atoms with E-state index in [4.69, 9.17) is 9.78 Å². The van der Waals surface area contributed by atoms with Gasteiger partial charge in [-0.1, -0.05) is 11.2 Å². The zero-order valence-electron chi connectivity index (χ0n) is 10.3. The second kappa shape index (κ2) is 5.05. The quantitative estimate of drug-likeness (QED) is 0.839. The molecule has 0 amide bonds. The molecule has 3 rings (SSSR count). The average Bonchev–Trinajstić information content (AvgIpc) is 2.97. The van der Waals surface area contributed by atoms with E-state index >= 15 is 0 Å². The molecule has 0 N–H and O–H groups in total. The first-order valence-electron chi connectivity index (χ1n) is 5.96. The fourth-order valence-corrected chi connectivity index (χ4v) is 1.89. The number of aliphatic imine (C=N–C) groups is 1. The van der Waals surface area contributed by atoms with Crippen LogP contribution in [0.5, 0.6) is 0 Å². The number of benzene rings is 1. The van der Waals surface area contributed by atoms with Crippen LogP contribution < -0.4 is 0 Å². The number of hydrogen-bond acceptors (Lipinski definition) is 5. The Morgan fingerprint density at radius 2 is 2.25 bits per heavy atom. The van der Waals surface area contributed by atoms with Crippen molar-refractivity contribution in [2.24, 2.45) is 4.99 Å². The molecular weight excluding hydrogens is 259 g/mol. The smallest absolute Gasteiger partial charge is 0.258 e. The van der Waals surface area contributed by atoms with Crippen molar-refractivity contribution in [3.8, 4) is 17.5 Å². The minimum absolute atomic E-state index is 0.190. The second-order valence-electron chi connectivity index (χ2n) is 4.22. The summed E-state index contributed by atoms with van der Waals surface area (Å²) >= 11 is 0. The molecule has 5 nitrogen and oxygen atoms in total. The number of nitrogens with zero attached hydrogens (tertiary/aromatic N) is 4. The van der Waals surface area contributed by atoms with E-state index in [-0.39, 0.29) is 11.7 Å². The van der Waals surface area contributed by atoms with Crippen molar-refractivity contribution in [1.82, 2.24) is 10.1 Å². The van der Waals surface area contributed by atoms with E-state index < -0.39 is 12.2 Å². The molecule has 20 heavy (non-hydrogen) atoms. The van der Waals surface area contributed by atoms with Crippen LogP contribution in [0.1, 0.15) is 17.4 Å². The van der Waals surface area contributed by atoms with Crippen LogP contribution in [0, 0.1) is 11.3 Å². The summed E-state index contributed by atoms with van der Waals surface area (Å²) < 4.78 is 18.8. The zero-order chi connectivity index (χ0) is 13.9. The van der Waals surface area contributed by atoms with Crippen LogP contribution in [0.15, 0.2) is 45.9 Å². The number of allylic oxidation sites excluding steroid dienone is 1. The molecule has 2 aromatic rings. The van der Waals surface area contributed by atoms with Crippen molar-refractivity contribution >= 4 is 6.21 Å². The van der Waals surface area contributed by atoms with Crippen LogP contribution >= 0.6 is 0 Å². The van der Waals surface area contributed by atoms with Crippen LogP contribution in [-0.4, -0.2) is 22.5 Å². The molecule has 0 spiro atoms. The monoisotopic (exact) mass is 268 g/mol. The highest BCUT2D eigenvalue weighted by Gasteiger charge is 2.26. The molecular formula is C14H9FN4O.